The van der Waals surface area contributed by atoms with Crippen molar-refractivity contribution in [3.05, 3.63) is 89.5 Å². The third kappa shape index (κ3) is 21.2. The maximum Gasteiger partial charge on any atom is 0.306 e. The second-order valence-corrected chi connectivity index (χ2v) is 18.7. The van der Waals surface area contributed by atoms with Crippen LogP contribution in [0.2, 0.25) is 0 Å². The van der Waals surface area contributed by atoms with E-state index in [9.17, 15) is 30.0 Å². The molecule has 0 amide bonds. The van der Waals surface area contributed by atoms with E-state index in [4.69, 9.17) is 21.2 Å². The Bertz CT molecular complexity index is 1800. The Morgan fingerprint density at radius 3 is 1.20 bits per heavy atom. The first-order valence-electron chi connectivity index (χ1n) is 17.2. The summed E-state index contributed by atoms with van der Waals surface area (Å²) in [6.07, 6.45) is 1.45. The molecular weight excluding hydrogens is 837 g/mol. The number of aliphatic hydroxyl groups is 2. The molecule has 56 heavy (non-hydrogen) atoms. The molecule has 3 rings (SSSR count). The summed E-state index contributed by atoms with van der Waals surface area (Å²) in [5.41, 5.74) is 8.61. The molecule has 0 saturated carbocycles. The average Bonchev–Trinajstić information content (AvgIpc) is 3.16. The van der Waals surface area contributed by atoms with Crippen LogP contribution in [0.5, 0.6) is 0 Å². The molecule has 0 bridgehead atoms. The maximum absolute atomic E-state index is 11.6. The van der Waals surface area contributed by atoms with E-state index < -0.39 is 29.5 Å². The summed E-state index contributed by atoms with van der Waals surface area (Å²) in [6.45, 7) is 10.4. The maximum atomic E-state index is 11.6. The van der Waals surface area contributed by atoms with Gasteiger partial charge in [0.15, 0.2) is 29.5 Å². The van der Waals surface area contributed by atoms with E-state index in [1.807, 2.05) is 26.0 Å². The van der Waals surface area contributed by atoms with Crippen molar-refractivity contribution in [1.82, 2.24) is 0 Å². The fourth-order valence-corrected chi connectivity index (χ4v) is 7.20. The first-order valence-corrected chi connectivity index (χ1v) is 22.1. The van der Waals surface area contributed by atoms with Crippen LogP contribution in [0.3, 0.4) is 0 Å². The van der Waals surface area contributed by atoms with Gasteiger partial charge < -0.3 is 20.7 Å². The molecule has 0 aliphatic carbocycles. The topological polar surface area (TPSA) is 219 Å². The molecule has 0 radical (unpaired) electrons. The molecule has 0 saturated heterocycles. The molecule has 0 aliphatic rings. The highest BCUT2D eigenvalue weighted by molar-refractivity contribution is 7.92. The molecule has 0 aromatic heterocycles. The average molecular weight is 899 g/mol. The van der Waals surface area contributed by atoms with Gasteiger partial charge in [-0.1, -0.05) is 71.0 Å². The third-order valence-corrected chi connectivity index (χ3v) is 13.4. The number of benzene rings is 3. The fraction of sp³-hybridized carbons (Fsp3) is 0.474. The van der Waals surface area contributed by atoms with E-state index in [2.05, 4.69) is 4.74 Å². The van der Waals surface area contributed by atoms with Crippen molar-refractivity contribution >= 4 is 76.0 Å². The number of nitrogens with two attached hydrogens (primary N) is 1. The van der Waals surface area contributed by atoms with Crippen LogP contribution in [0.4, 0.5) is 0 Å². The Hall–Kier alpha value is -2.60. The van der Waals surface area contributed by atoms with E-state index in [0.717, 1.165) is 16.7 Å². The molecule has 4 N–H and O–H groups in total. The molecule has 3 aromatic carbocycles. The lowest BCUT2D eigenvalue weighted by Gasteiger charge is -2.11. The van der Waals surface area contributed by atoms with Crippen LogP contribution < -0.4 is 5.73 Å². The number of sulfone groups is 3. The first kappa shape index (κ1) is 60.1. The smallest absolute Gasteiger partial charge is 0.306 e. The Kier molecular flexibility index (Phi) is 32.7. The summed E-state index contributed by atoms with van der Waals surface area (Å²) in [5, 5.41) is 24.9. The van der Waals surface area contributed by atoms with Crippen molar-refractivity contribution in [3.63, 3.8) is 0 Å². The summed E-state index contributed by atoms with van der Waals surface area (Å²) in [6, 6.07) is 21.6. The quantitative estimate of drug-likeness (QED) is 0.153. The molecule has 0 spiro atoms. The first-order chi connectivity index (χ1) is 24.8. The highest BCUT2D eigenvalue weighted by Crippen LogP contribution is 2.23. The van der Waals surface area contributed by atoms with Gasteiger partial charge in [0, 0.05) is 26.2 Å². The van der Waals surface area contributed by atoms with E-state index in [1.54, 1.807) is 87.5 Å². The molecule has 12 nitrogen and oxygen atoms in total. The number of esters is 1. The van der Waals surface area contributed by atoms with Crippen LogP contribution in [0.25, 0.3) is 0 Å². The lowest BCUT2D eigenvalue weighted by Crippen LogP contribution is -2.12. The number of rotatable bonds is 15. The number of carbonyl (C=O) groups excluding carboxylic acids is 1. The van der Waals surface area contributed by atoms with E-state index in [0.29, 0.717) is 27.5 Å². The van der Waals surface area contributed by atoms with Gasteiger partial charge in [0.25, 0.3) is 0 Å². The minimum atomic E-state index is -3.16. The van der Waals surface area contributed by atoms with E-state index in [-0.39, 0.29) is 101 Å². The van der Waals surface area contributed by atoms with Gasteiger partial charge in [0.1, 0.15) is 0 Å². The largest absolute Gasteiger partial charge is 0.469 e. The van der Waals surface area contributed by atoms with Crippen LogP contribution in [0, 0.1) is 11.3 Å². The number of carbonyl (C=O) groups is 1. The van der Waals surface area contributed by atoms with Gasteiger partial charge >= 0.3 is 5.97 Å². The summed E-state index contributed by atoms with van der Waals surface area (Å²) in [4.78, 5) is 12.2. The molecule has 3 aromatic rings. The molecule has 18 heteroatoms. The van der Waals surface area contributed by atoms with Gasteiger partial charge in [0.2, 0.25) is 0 Å². The normalized spacial score (nSPS) is 12.2. The second-order valence-electron chi connectivity index (χ2n) is 11.9. The van der Waals surface area contributed by atoms with Gasteiger partial charge in [-0.3, -0.25) is 4.79 Å². The number of ether oxygens (including phenoxy) is 1. The van der Waals surface area contributed by atoms with Gasteiger partial charge in [0.05, 0.1) is 51.5 Å². The molecule has 3 atom stereocenters. The Morgan fingerprint density at radius 2 is 0.929 bits per heavy atom. The monoisotopic (exact) mass is 898 g/mol. The summed E-state index contributed by atoms with van der Waals surface area (Å²) in [5.74, 6) is 0.296. The third-order valence-electron chi connectivity index (χ3n) is 8.13. The highest BCUT2D eigenvalue weighted by Gasteiger charge is 2.16. The zero-order chi connectivity index (χ0) is 40.8. The number of aliphatic hydroxyl groups excluding tert-OH is 2. The predicted octanol–water partition coefficient (Wildman–Crippen LogP) is 5.84. The Morgan fingerprint density at radius 1 is 0.643 bits per heavy atom. The lowest BCUT2D eigenvalue weighted by atomic mass is 9.98. The number of nitriles is 1. The minimum absolute atomic E-state index is 0. The molecule has 0 aliphatic heterocycles. The SMILES string of the molecule is CC#N.CCS(=O)(=O)c1ccc([C@@H](C)CC(=O)OC)cc1.CCS(=O)(=O)c1ccc([C@@H](C)CCO)cc1.CCS(=O)(=O)c1ccc([C@@H](N)CCO)cc1.S.S.S. The number of hydrogen-bond donors (Lipinski definition) is 3. The number of methoxy groups -OCH3 is 1. The molecule has 320 valence electrons. The van der Waals surface area contributed by atoms with Crippen LogP contribution in [0.1, 0.15) is 95.4 Å². The summed E-state index contributed by atoms with van der Waals surface area (Å²) in [7, 11) is -8.05. The van der Waals surface area contributed by atoms with E-state index >= 15 is 0 Å². The Labute approximate surface area is 356 Å². The van der Waals surface area contributed by atoms with Crippen molar-refractivity contribution in [2.75, 3.05) is 37.6 Å². The predicted molar refractivity (Wildman–Crippen MR) is 239 cm³/mol. The van der Waals surface area contributed by atoms with Crippen molar-refractivity contribution in [2.24, 2.45) is 5.73 Å². The zero-order valence-electron chi connectivity index (χ0n) is 33.2. The van der Waals surface area contributed by atoms with Crippen LogP contribution in [-0.4, -0.2) is 79.0 Å². The van der Waals surface area contributed by atoms with Crippen LogP contribution in [0.15, 0.2) is 87.5 Å². The van der Waals surface area contributed by atoms with Crippen molar-refractivity contribution in [2.45, 2.75) is 93.4 Å². The number of hydrogen-bond acceptors (Lipinski definition) is 12. The fourth-order valence-electron chi connectivity index (χ4n) is 4.55. The highest BCUT2D eigenvalue weighted by atomic mass is 32.2. The van der Waals surface area contributed by atoms with E-state index in [1.165, 1.54) is 14.0 Å². The van der Waals surface area contributed by atoms with Gasteiger partial charge in [-0.25, -0.2) is 25.3 Å². The van der Waals surface area contributed by atoms with Crippen LogP contribution in [-0.2, 0) is 39.0 Å². The summed E-state index contributed by atoms with van der Waals surface area (Å²) < 4.78 is 74.1. The van der Waals surface area contributed by atoms with Crippen molar-refractivity contribution in [1.29, 1.82) is 5.26 Å². The molecule has 0 heterocycles. The molecular formula is C38H62N2O10S6. The molecule has 0 fully saturated rings. The minimum Gasteiger partial charge on any atom is -0.469 e. The number of nitrogens with zero attached hydrogens (tertiary/aromatic N) is 1. The second kappa shape index (κ2) is 30.5. The Balaban J connectivity index is -0.000000341. The molecule has 0 unspecified atom stereocenters. The van der Waals surface area contributed by atoms with Crippen LogP contribution >= 0.6 is 40.5 Å². The van der Waals surface area contributed by atoms with Gasteiger partial charge in [-0.15, -0.1) is 0 Å². The zero-order valence-corrected chi connectivity index (χ0v) is 38.7. The summed E-state index contributed by atoms with van der Waals surface area (Å²) >= 11 is 0. The lowest BCUT2D eigenvalue weighted by molar-refractivity contribution is -0.141. The van der Waals surface area contributed by atoms with Gasteiger partial charge in [-0.05, 0) is 77.8 Å². The van der Waals surface area contributed by atoms with Crippen molar-refractivity contribution < 1.29 is 45.0 Å². The standard InChI is InChI=1S/C13H18O4S.C12H18O3S.C11H17NO3S.C2H3N.3H2S/c1-4-18(15,16)12-7-5-11(6-8-12)10(2)9-13(14)17-3;1-3-16(14,15)12-6-4-11(5-7-12)10(2)8-9-13;1-2-16(14,15)10-5-3-9(4-6-10)11(12)7-8-13;1-2-3;;;/h5-8,10H,4,9H2,1-3H3;4-7,10,13H,3,8-9H2,1-2H3;3-6,11,13H,2,7-8,12H2,1H3;1H3;3*1H2/t2*10-;11-;;;;/m000..../s1. The van der Waals surface area contributed by atoms with Gasteiger partial charge in [-0.2, -0.15) is 45.7 Å². The van der Waals surface area contributed by atoms with Crippen molar-refractivity contribution in [3.8, 4) is 6.07 Å².